The maximum Gasteiger partial charge on any atom is 0.408 e. The molecule has 1 aromatic heterocycles. The molecule has 10 nitrogen and oxygen atoms in total. The number of nitrogens with zero attached hydrogens (tertiary/aromatic N) is 3. The predicted molar refractivity (Wildman–Crippen MR) is 112 cm³/mol. The largest absolute Gasteiger partial charge is 0.444 e. The van der Waals surface area contributed by atoms with Crippen LogP contribution in [0, 0.1) is 5.92 Å². The summed E-state index contributed by atoms with van der Waals surface area (Å²) in [7, 11) is 0. The van der Waals surface area contributed by atoms with Crippen LogP contribution in [-0.4, -0.2) is 58.6 Å². The van der Waals surface area contributed by atoms with Gasteiger partial charge >= 0.3 is 6.09 Å². The number of pyridine rings is 1. The maximum atomic E-state index is 12.5. The van der Waals surface area contributed by atoms with E-state index in [1.807, 2.05) is 13.0 Å². The third-order valence-corrected chi connectivity index (χ3v) is 4.63. The molecule has 3 unspecified atom stereocenters. The first-order chi connectivity index (χ1) is 13.5. The van der Waals surface area contributed by atoms with Gasteiger partial charge in [0.2, 0.25) is 0 Å². The van der Waals surface area contributed by atoms with E-state index in [2.05, 4.69) is 15.2 Å². The highest BCUT2D eigenvalue weighted by molar-refractivity contribution is 5.69. The van der Waals surface area contributed by atoms with Crippen LogP contribution in [0.3, 0.4) is 0 Å². The van der Waals surface area contributed by atoms with E-state index in [0.29, 0.717) is 18.8 Å². The Morgan fingerprint density at radius 1 is 1.48 bits per heavy atom. The van der Waals surface area contributed by atoms with Gasteiger partial charge in [-0.15, -0.1) is 0 Å². The lowest BCUT2D eigenvalue weighted by molar-refractivity contribution is 0.0440. The van der Waals surface area contributed by atoms with Crippen molar-refractivity contribution in [2.45, 2.75) is 45.4 Å². The third kappa shape index (κ3) is 6.13. The van der Waals surface area contributed by atoms with Gasteiger partial charge in [0.05, 0.1) is 42.0 Å². The van der Waals surface area contributed by atoms with E-state index in [1.165, 1.54) is 11.2 Å². The molecule has 1 aliphatic heterocycles. The predicted octanol–water partition coefficient (Wildman–Crippen LogP) is 0.350. The number of nitrogens with two attached hydrogens (primary N) is 3. The standard InChI is InChI=1S/C19H33N7O3/c1-12-8-25(16-5-6-23-7-14(16)21)10-15(24-18(28)29-19(2,3)4)17(12)26(22)9-13(20)11-27/h5-7,9,12,15,17,27H,8,10-11,20-22H2,1-4H3,(H,24,28)/b13-9-. The number of rotatable bonds is 5. The number of aliphatic hydroxyl groups excluding tert-OH is 1. The number of carbonyl (C=O) groups is 1. The second-order valence-corrected chi connectivity index (χ2v) is 8.37. The molecule has 1 amide bonds. The Balaban J connectivity index is 2.29. The Kier molecular flexibility index (Phi) is 7.15. The lowest BCUT2D eigenvalue weighted by Gasteiger charge is -2.46. The summed E-state index contributed by atoms with van der Waals surface area (Å²) in [5.41, 5.74) is 12.8. The number of hydrogen-bond acceptors (Lipinski definition) is 9. The first kappa shape index (κ1) is 22.6. The van der Waals surface area contributed by atoms with Crippen LogP contribution in [0.5, 0.6) is 0 Å². The van der Waals surface area contributed by atoms with Gasteiger partial charge < -0.3 is 36.5 Å². The number of aromatic nitrogens is 1. The van der Waals surface area contributed by atoms with E-state index in [4.69, 9.17) is 22.0 Å². The first-order valence-corrected chi connectivity index (χ1v) is 9.56. The summed E-state index contributed by atoms with van der Waals surface area (Å²) in [5, 5.41) is 13.6. The van der Waals surface area contributed by atoms with Crippen molar-refractivity contribution in [3.8, 4) is 0 Å². The van der Waals surface area contributed by atoms with Crippen molar-refractivity contribution in [1.82, 2.24) is 15.3 Å². The van der Waals surface area contributed by atoms with Crippen molar-refractivity contribution in [2.75, 3.05) is 30.3 Å². The molecule has 2 heterocycles. The summed E-state index contributed by atoms with van der Waals surface area (Å²) >= 11 is 0. The zero-order valence-corrected chi connectivity index (χ0v) is 17.5. The minimum absolute atomic E-state index is 0.0315. The van der Waals surface area contributed by atoms with E-state index >= 15 is 0 Å². The molecule has 0 aliphatic carbocycles. The molecule has 29 heavy (non-hydrogen) atoms. The average molecular weight is 408 g/mol. The molecule has 2 rings (SSSR count). The monoisotopic (exact) mass is 407 g/mol. The lowest BCUT2D eigenvalue weighted by atomic mass is 9.88. The van der Waals surface area contributed by atoms with Crippen LogP contribution in [0.2, 0.25) is 0 Å². The molecule has 0 radical (unpaired) electrons. The van der Waals surface area contributed by atoms with Crippen LogP contribution in [-0.2, 0) is 4.74 Å². The van der Waals surface area contributed by atoms with Gasteiger partial charge in [-0.1, -0.05) is 6.92 Å². The maximum absolute atomic E-state index is 12.5. The van der Waals surface area contributed by atoms with E-state index in [1.54, 1.807) is 33.2 Å². The van der Waals surface area contributed by atoms with Gasteiger partial charge in [-0.2, -0.15) is 0 Å². The van der Waals surface area contributed by atoms with E-state index in [9.17, 15) is 9.90 Å². The van der Waals surface area contributed by atoms with Gasteiger partial charge in [-0.25, -0.2) is 10.6 Å². The number of hydrogen-bond donors (Lipinski definition) is 5. The fraction of sp³-hybridized carbons (Fsp3) is 0.579. The van der Waals surface area contributed by atoms with Gasteiger partial charge in [0, 0.05) is 25.5 Å². The highest BCUT2D eigenvalue weighted by Gasteiger charge is 2.39. The lowest BCUT2D eigenvalue weighted by Crippen LogP contribution is -2.65. The summed E-state index contributed by atoms with van der Waals surface area (Å²) in [6.45, 7) is 8.25. The van der Waals surface area contributed by atoms with Crippen molar-refractivity contribution < 1.29 is 14.6 Å². The molecule has 0 saturated carbocycles. The minimum atomic E-state index is -0.626. The fourth-order valence-electron chi connectivity index (χ4n) is 3.57. The first-order valence-electron chi connectivity index (χ1n) is 9.56. The molecular weight excluding hydrogens is 374 g/mol. The highest BCUT2D eigenvalue weighted by Crippen LogP contribution is 2.29. The molecule has 1 aliphatic rings. The number of aliphatic hydroxyl groups is 1. The summed E-state index contributed by atoms with van der Waals surface area (Å²) in [6.07, 6.45) is 4.24. The van der Waals surface area contributed by atoms with Gasteiger partial charge in [-0.3, -0.25) is 4.98 Å². The molecule has 0 spiro atoms. The number of anilines is 2. The third-order valence-electron chi connectivity index (χ3n) is 4.63. The Hall–Kier alpha value is -2.72. The molecule has 10 heteroatoms. The number of carbonyl (C=O) groups excluding carboxylic acids is 1. The van der Waals surface area contributed by atoms with Crippen LogP contribution in [0.15, 0.2) is 30.4 Å². The van der Waals surface area contributed by atoms with Crippen LogP contribution in [0.4, 0.5) is 16.2 Å². The fourth-order valence-corrected chi connectivity index (χ4v) is 3.57. The zero-order valence-electron chi connectivity index (χ0n) is 17.5. The van der Waals surface area contributed by atoms with E-state index in [0.717, 1.165) is 5.69 Å². The zero-order chi connectivity index (χ0) is 21.8. The Morgan fingerprint density at radius 2 is 2.17 bits per heavy atom. The van der Waals surface area contributed by atoms with Crippen LogP contribution in [0.25, 0.3) is 0 Å². The Bertz CT molecular complexity index is 735. The molecular formula is C19H33N7O3. The number of nitrogens with one attached hydrogen (secondary N) is 1. The van der Waals surface area contributed by atoms with Crippen molar-refractivity contribution in [3.05, 3.63) is 30.4 Å². The summed E-state index contributed by atoms with van der Waals surface area (Å²) < 4.78 is 5.43. The Labute approximate surface area is 171 Å². The molecule has 0 aromatic carbocycles. The molecule has 1 fully saturated rings. The van der Waals surface area contributed by atoms with Crippen LogP contribution in [0.1, 0.15) is 27.7 Å². The second-order valence-electron chi connectivity index (χ2n) is 8.37. The van der Waals surface area contributed by atoms with Gasteiger partial charge in [0.1, 0.15) is 5.60 Å². The topological polar surface area (TPSA) is 156 Å². The van der Waals surface area contributed by atoms with Crippen LogP contribution < -0.4 is 27.5 Å². The Morgan fingerprint density at radius 3 is 2.76 bits per heavy atom. The number of nitrogen functional groups attached to an aromatic ring is 1. The van der Waals surface area contributed by atoms with Crippen molar-refractivity contribution in [2.24, 2.45) is 17.5 Å². The molecule has 1 saturated heterocycles. The number of amides is 1. The summed E-state index contributed by atoms with van der Waals surface area (Å²) in [5.74, 6) is 6.27. The van der Waals surface area contributed by atoms with Gasteiger partial charge in [0.25, 0.3) is 0 Å². The SMILES string of the molecule is CC1CN(c2ccncc2N)CC(NC(=O)OC(C)(C)C)C1N(N)/C=C(\N)CO. The van der Waals surface area contributed by atoms with Gasteiger partial charge in [-0.05, 0) is 32.8 Å². The summed E-state index contributed by atoms with van der Waals surface area (Å²) in [4.78, 5) is 18.6. The smallest absolute Gasteiger partial charge is 0.408 e. The number of alkyl carbamates (subject to hydrolysis) is 1. The molecule has 1 aromatic rings. The van der Waals surface area contributed by atoms with Crippen molar-refractivity contribution in [3.63, 3.8) is 0 Å². The van der Waals surface area contributed by atoms with Gasteiger partial charge in [0.15, 0.2) is 0 Å². The molecule has 162 valence electrons. The molecule has 3 atom stereocenters. The average Bonchev–Trinajstić information content (AvgIpc) is 2.59. The van der Waals surface area contributed by atoms with Crippen molar-refractivity contribution in [1.29, 1.82) is 0 Å². The van der Waals surface area contributed by atoms with E-state index in [-0.39, 0.29) is 30.3 Å². The molecule has 8 N–H and O–H groups in total. The number of piperidine rings is 1. The quantitative estimate of drug-likeness (QED) is 0.343. The number of hydrazine groups is 1. The van der Waals surface area contributed by atoms with E-state index < -0.39 is 11.7 Å². The molecule has 0 bridgehead atoms. The normalized spacial score (nSPS) is 22.9. The minimum Gasteiger partial charge on any atom is -0.444 e. The van der Waals surface area contributed by atoms with Crippen LogP contribution >= 0.6 is 0 Å². The van der Waals surface area contributed by atoms with Crippen molar-refractivity contribution >= 4 is 17.5 Å². The highest BCUT2D eigenvalue weighted by atomic mass is 16.6. The summed E-state index contributed by atoms with van der Waals surface area (Å²) in [6, 6.07) is 1.19. The second kappa shape index (κ2) is 9.19. The number of ether oxygens (including phenoxy) is 1.